The summed E-state index contributed by atoms with van der Waals surface area (Å²) in [5.41, 5.74) is 0.872. The molecule has 6 nitrogen and oxygen atoms in total. The number of nitrogens with zero attached hydrogens (tertiary/aromatic N) is 1. The molecule has 2 N–H and O–H groups in total. The average molecular weight is 340 g/mol. The summed E-state index contributed by atoms with van der Waals surface area (Å²) >= 11 is 1.42. The van der Waals surface area contributed by atoms with E-state index in [1.807, 2.05) is 44.2 Å². The number of benzene rings is 1. The lowest BCUT2D eigenvalue weighted by atomic mass is 9.96. The summed E-state index contributed by atoms with van der Waals surface area (Å²) in [6, 6.07) is 7.78. The summed E-state index contributed by atoms with van der Waals surface area (Å²) in [5, 5.41) is 11.8. The highest BCUT2D eigenvalue weighted by atomic mass is 32.2. The van der Waals surface area contributed by atoms with Crippen LogP contribution in [0.5, 0.6) is 0 Å². The molecule has 0 aliphatic carbocycles. The van der Waals surface area contributed by atoms with Gasteiger partial charge in [-0.15, -0.1) is 11.8 Å². The monoisotopic (exact) mass is 340 g/mol. The van der Waals surface area contributed by atoms with Crippen molar-refractivity contribution >= 4 is 29.5 Å². The highest BCUT2D eigenvalue weighted by molar-refractivity contribution is 8.01. The second-order valence-corrected chi connectivity index (χ2v) is 8.08. The Bertz CT molecular complexity index is 661. The van der Waals surface area contributed by atoms with Crippen LogP contribution in [0, 0.1) is 0 Å². The maximum absolute atomic E-state index is 12.3. The molecule has 23 heavy (non-hydrogen) atoms. The molecule has 122 valence electrons. The highest BCUT2D eigenvalue weighted by Gasteiger charge is 2.64. The Morgan fingerprint density at radius 3 is 2.57 bits per heavy atom. The minimum absolute atomic E-state index is 0.202. The Labute approximate surface area is 138 Å². The molecule has 2 aliphatic rings. The summed E-state index contributed by atoms with van der Waals surface area (Å²) < 4.78 is -0.578. The van der Waals surface area contributed by atoms with E-state index in [1.165, 1.54) is 16.7 Å². The quantitative estimate of drug-likeness (QED) is 0.794. The van der Waals surface area contributed by atoms with Crippen LogP contribution < -0.4 is 5.32 Å². The van der Waals surface area contributed by atoms with Gasteiger partial charge in [-0.1, -0.05) is 30.3 Å². The third-order valence-electron chi connectivity index (χ3n) is 4.20. The van der Waals surface area contributed by atoms with Crippen molar-refractivity contribution in [2.24, 2.45) is 0 Å². The lowest BCUT2D eigenvalue weighted by Gasteiger charge is -2.43. The Kier molecular flexibility index (Phi) is 3.83. The molecule has 1 aromatic carbocycles. The number of aliphatic carboxylic acids is 1. The molecule has 2 aliphatic heterocycles. The average Bonchev–Trinajstić information content (AvgIpc) is 2.74. The van der Waals surface area contributed by atoms with Gasteiger partial charge in [0.2, 0.25) is 11.8 Å². The first-order valence-electron chi connectivity index (χ1n) is 7.37. The van der Waals surface area contributed by atoms with E-state index in [2.05, 4.69) is 5.32 Å². The second kappa shape index (κ2) is 5.56. The molecule has 0 spiro atoms. The van der Waals surface area contributed by atoms with Crippen molar-refractivity contribution in [3.63, 3.8) is 0 Å². The highest BCUT2D eigenvalue weighted by Crippen LogP contribution is 2.50. The molecule has 0 radical (unpaired) electrons. The smallest absolute Gasteiger partial charge is 0.327 e. The fourth-order valence-electron chi connectivity index (χ4n) is 3.15. The number of β-lactam (4-membered cyclic amide) rings is 1. The van der Waals surface area contributed by atoms with E-state index in [-0.39, 0.29) is 23.6 Å². The first kappa shape index (κ1) is 15.9. The number of fused-ring (bicyclic) bond motifs is 1. The Morgan fingerprint density at radius 1 is 1.30 bits per heavy atom. The molecule has 0 bridgehead atoms. The lowest BCUT2D eigenvalue weighted by molar-refractivity contribution is -0.161. The molecular formula is C16H18N2O4S. The molecule has 2 heterocycles. The minimum atomic E-state index is -1.01. The number of nitrogens with one attached hydrogen (secondary N) is 1. The molecule has 2 amide bonds. The number of amides is 2. The second-order valence-electron chi connectivity index (χ2n) is 6.31. The van der Waals surface area contributed by atoms with Crippen LogP contribution in [0.3, 0.4) is 0 Å². The van der Waals surface area contributed by atoms with Crippen LogP contribution in [-0.4, -0.2) is 50.0 Å². The number of rotatable bonds is 4. The van der Waals surface area contributed by atoms with Crippen molar-refractivity contribution in [3.8, 4) is 0 Å². The van der Waals surface area contributed by atoms with Crippen molar-refractivity contribution in [2.75, 3.05) is 0 Å². The Balaban J connectivity index is 1.66. The molecule has 0 unspecified atom stereocenters. The van der Waals surface area contributed by atoms with Crippen molar-refractivity contribution in [1.82, 2.24) is 10.2 Å². The van der Waals surface area contributed by atoms with E-state index in [0.29, 0.717) is 0 Å². The number of hydrogen-bond donors (Lipinski definition) is 2. The molecule has 0 aromatic heterocycles. The van der Waals surface area contributed by atoms with E-state index >= 15 is 0 Å². The van der Waals surface area contributed by atoms with Crippen LogP contribution in [0.4, 0.5) is 0 Å². The predicted molar refractivity (Wildman–Crippen MR) is 85.8 cm³/mol. The van der Waals surface area contributed by atoms with Crippen molar-refractivity contribution in [3.05, 3.63) is 35.9 Å². The van der Waals surface area contributed by atoms with Gasteiger partial charge in [0.05, 0.1) is 6.42 Å². The van der Waals surface area contributed by atoms with Gasteiger partial charge in [-0.2, -0.15) is 0 Å². The van der Waals surface area contributed by atoms with Crippen LogP contribution in [0.1, 0.15) is 19.4 Å². The molecule has 1 aromatic rings. The number of carboxylic acid groups (broad SMARTS) is 1. The van der Waals surface area contributed by atoms with Gasteiger partial charge in [0.1, 0.15) is 17.5 Å². The summed E-state index contributed by atoms with van der Waals surface area (Å²) in [7, 11) is 0. The van der Waals surface area contributed by atoms with Crippen molar-refractivity contribution < 1.29 is 19.5 Å². The molecule has 7 heteroatoms. The number of hydrogen-bond acceptors (Lipinski definition) is 4. The third kappa shape index (κ3) is 2.69. The number of thioether (sulfide) groups is 1. The molecule has 0 saturated carbocycles. The van der Waals surface area contributed by atoms with Crippen LogP contribution in [-0.2, 0) is 20.8 Å². The molecular weight excluding hydrogens is 322 g/mol. The zero-order valence-corrected chi connectivity index (χ0v) is 13.7. The fraction of sp³-hybridized carbons (Fsp3) is 0.438. The van der Waals surface area contributed by atoms with Gasteiger partial charge in [0.25, 0.3) is 0 Å². The molecule has 2 saturated heterocycles. The van der Waals surface area contributed by atoms with E-state index < -0.39 is 22.8 Å². The zero-order valence-electron chi connectivity index (χ0n) is 12.9. The fourth-order valence-corrected chi connectivity index (χ4v) is 4.78. The van der Waals surface area contributed by atoms with Crippen LogP contribution in [0.15, 0.2) is 30.3 Å². The maximum Gasteiger partial charge on any atom is 0.327 e. The van der Waals surface area contributed by atoms with E-state index in [1.54, 1.807) is 0 Å². The molecule has 2 fully saturated rings. The number of carbonyl (C=O) groups excluding carboxylic acids is 2. The summed E-state index contributed by atoms with van der Waals surface area (Å²) in [6.07, 6.45) is 0.202. The van der Waals surface area contributed by atoms with Gasteiger partial charge in [0, 0.05) is 4.75 Å². The van der Waals surface area contributed by atoms with Gasteiger partial charge in [-0.3, -0.25) is 9.59 Å². The predicted octanol–water partition coefficient (Wildman–Crippen LogP) is 0.861. The first-order chi connectivity index (χ1) is 10.8. The number of carboxylic acids is 1. The van der Waals surface area contributed by atoms with Gasteiger partial charge < -0.3 is 15.3 Å². The van der Waals surface area contributed by atoms with Gasteiger partial charge >= 0.3 is 5.97 Å². The van der Waals surface area contributed by atoms with E-state index in [4.69, 9.17) is 0 Å². The summed E-state index contributed by atoms with van der Waals surface area (Å²) in [6.45, 7) is 3.62. The van der Waals surface area contributed by atoms with E-state index in [0.717, 1.165) is 5.56 Å². The first-order valence-corrected chi connectivity index (χ1v) is 8.25. The van der Waals surface area contributed by atoms with Crippen molar-refractivity contribution in [2.45, 2.75) is 42.5 Å². The third-order valence-corrected chi connectivity index (χ3v) is 5.77. The lowest BCUT2D eigenvalue weighted by Crippen LogP contribution is -2.70. The SMILES string of the molecule is CC1(C)S[C@@H]2[C@H](NC(=O)C[13c]3[13cH][13cH][13cH][13cH][13cH]3)C(=O)N2[C@H]1C(=O)O. The topological polar surface area (TPSA) is 86.7 Å². The van der Waals surface area contributed by atoms with E-state index in [9.17, 15) is 19.5 Å². The zero-order chi connectivity index (χ0) is 16.8. The van der Waals surface area contributed by atoms with Crippen molar-refractivity contribution in [1.29, 1.82) is 0 Å². The van der Waals surface area contributed by atoms with Crippen LogP contribution in [0.25, 0.3) is 0 Å². The largest absolute Gasteiger partial charge is 0.480 e. The summed E-state index contributed by atoms with van der Waals surface area (Å²) in [5.74, 6) is -1.55. The van der Waals surface area contributed by atoms with Gasteiger partial charge in [0.15, 0.2) is 0 Å². The molecule has 3 atom stereocenters. The van der Waals surface area contributed by atoms with Crippen LogP contribution >= 0.6 is 11.8 Å². The maximum atomic E-state index is 12.3. The Hall–Kier alpha value is -2.02. The summed E-state index contributed by atoms with van der Waals surface area (Å²) in [4.78, 5) is 37.2. The van der Waals surface area contributed by atoms with Gasteiger partial charge in [-0.05, 0) is 19.4 Å². The normalized spacial score (nSPS) is 28.0. The number of carbonyl (C=O) groups is 3. The standard InChI is InChI=1S/C16H18N2O4S/c1-16(2)12(15(21)22)18-13(20)11(14(18)23-16)17-10(19)8-9-6-4-3-5-7-9/h3-7,11-12,14H,8H2,1-2H3,(H,17,19)(H,21,22)/t11-,12+,14-/m1/s1/i3+1,4+1,5+1,6+1,7+1,9+1. The van der Waals surface area contributed by atoms with Gasteiger partial charge in [-0.25, -0.2) is 4.79 Å². The molecule has 3 rings (SSSR count). The van der Waals surface area contributed by atoms with Crippen LogP contribution in [0.2, 0.25) is 0 Å². The minimum Gasteiger partial charge on any atom is -0.480 e. The Morgan fingerprint density at radius 2 is 1.96 bits per heavy atom.